The van der Waals surface area contributed by atoms with E-state index in [9.17, 15) is 17.6 Å². The van der Waals surface area contributed by atoms with Crippen LogP contribution in [-0.2, 0) is 19.6 Å². The summed E-state index contributed by atoms with van der Waals surface area (Å²) in [7, 11) is -3.67. The molecule has 0 spiro atoms. The first-order valence-corrected chi connectivity index (χ1v) is 11.1. The predicted molar refractivity (Wildman–Crippen MR) is 109 cm³/mol. The number of carbonyl (C=O) groups is 1. The number of rotatable bonds is 7. The van der Waals surface area contributed by atoms with Crippen LogP contribution < -0.4 is 10.1 Å². The maximum absolute atomic E-state index is 13.0. The third-order valence-electron chi connectivity index (χ3n) is 4.62. The Bertz CT molecular complexity index is 995. The van der Waals surface area contributed by atoms with E-state index in [2.05, 4.69) is 5.32 Å². The monoisotopic (exact) mass is 456 g/mol. The molecule has 0 aliphatic carbocycles. The van der Waals surface area contributed by atoms with Gasteiger partial charge in [-0.05, 0) is 42.8 Å². The summed E-state index contributed by atoms with van der Waals surface area (Å²) >= 11 is 6.17. The second-order valence-corrected chi connectivity index (χ2v) is 9.08. The first-order valence-electron chi connectivity index (χ1n) is 9.32. The molecule has 1 heterocycles. The summed E-state index contributed by atoms with van der Waals surface area (Å²) < 4.78 is 50.3. The number of hydrogen-bond acceptors (Lipinski definition) is 5. The lowest BCUT2D eigenvalue weighted by atomic mass is 10.1. The zero-order valence-corrected chi connectivity index (χ0v) is 17.9. The van der Waals surface area contributed by atoms with Crippen molar-refractivity contribution in [3.63, 3.8) is 0 Å². The Labute approximate surface area is 179 Å². The molecule has 3 rings (SSSR count). The molecular formula is C20H22ClFN2O5S. The van der Waals surface area contributed by atoms with Gasteiger partial charge < -0.3 is 14.8 Å². The van der Waals surface area contributed by atoms with Crippen molar-refractivity contribution in [2.75, 3.05) is 32.9 Å². The molecule has 1 N–H and O–H groups in total. The van der Waals surface area contributed by atoms with E-state index < -0.39 is 15.9 Å². The lowest BCUT2D eigenvalue weighted by molar-refractivity contribution is -0.123. The SMILES string of the molecule is C[C@H](NC(=O)COc1ccc(S(=O)(=O)N2CCOCC2)cc1Cl)c1ccc(F)cc1. The molecule has 10 heteroatoms. The Kier molecular flexibility index (Phi) is 7.30. The van der Waals surface area contributed by atoms with Crippen molar-refractivity contribution in [3.8, 4) is 5.75 Å². The van der Waals surface area contributed by atoms with Crippen LogP contribution in [0.4, 0.5) is 4.39 Å². The highest BCUT2D eigenvalue weighted by Gasteiger charge is 2.27. The fourth-order valence-electron chi connectivity index (χ4n) is 2.96. The largest absolute Gasteiger partial charge is 0.482 e. The summed E-state index contributed by atoms with van der Waals surface area (Å²) in [5.41, 5.74) is 0.750. The van der Waals surface area contributed by atoms with Gasteiger partial charge in [0.05, 0.1) is 29.2 Å². The molecule has 30 heavy (non-hydrogen) atoms. The lowest BCUT2D eigenvalue weighted by Gasteiger charge is -2.26. The minimum atomic E-state index is -3.67. The van der Waals surface area contributed by atoms with Crippen molar-refractivity contribution in [1.82, 2.24) is 9.62 Å². The van der Waals surface area contributed by atoms with Crippen molar-refractivity contribution < 1.29 is 27.1 Å². The van der Waals surface area contributed by atoms with E-state index in [4.69, 9.17) is 21.1 Å². The number of ether oxygens (including phenoxy) is 2. The third-order valence-corrected chi connectivity index (χ3v) is 6.81. The first-order chi connectivity index (χ1) is 14.3. The molecule has 0 unspecified atom stereocenters. The topological polar surface area (TPSA) is 84.9 Å². The van der Waals surface area contributed by atoms with E-state index in [1.165, 1.54) is 34.6 Å². The molecule has 1 aliphatic heterocycles. The zero-order chi connectivity index (χ0) is 21.7. The van der Waals surface area contributed by atoms with Gasteiger partial charge in [0.1, 0.15) is 11.6 Å². The number of nitrogens with one attached hydrogen (secondary N) is 1. The average Bonchev–Trinajstić information content (AvgIpc) is 2.73. The van der Waals surface area contributed by atoms with Crippen molar-refractivity contribution in [2.45, 2.75) is 17.9 Å². The highest BCUT2D eigenvalue weighted by Crippen LogP contribution is 2.29. The number of carbonyl (C=O) groups excluding carboxylic acids is 1. The number of morpholine rings is 1. The number of benzene rings is 2. The first kappa shape index (κ1) is 22.5. The summed E-state index contributed by atoms with van der Waals surface area (Å²) in [5.74, 6) is -0.551. The van der Waals surface area contributed by atoms with Gasteiger partial charge in [-0.25, -0.2) is 12.8 Å². The summed E-state index contributed by atoms with van der Waals surface area (Å²) in [6, 6.07) is 9.61. The normalized spacial score (nSPS) is 16.1. The van der Waals surface area contributed by atoms with Gasteiger partial charge in [-0.1, -0.05) is 23.7 Å². The van der Waals surface area contributed by atoms with Crippen LogP contribution in [-0.4, -0.2) is 51.5 Å². The van der Waals surface area contributed by atoms with Crippen molar-refractivity contribution in [1.29, 1.82) is 0 Å². The van der Waals surface area contributed by atoms with Crippen LogP contribution in [0, 0.1) is 5.82 Å². The summed E-state index contributed by atoms with van der Waals surface area (Å²) in [6.45, 7) is 2.72. The molecule has 0 saturated carbocycles. The Balaban J connectivity index is 1.59. The van der Waals surface area contributed by atoms with Gasteiger partial charge in [0.2, 0.25) is 10.0 Å². The second-order valence-electron chi connectivity index (χ2n) is 6.74. The number of amides is 1. The van der Waals surface area contributed by atoms with Crippen LogP contribution in [0.1, 0.15) is 18.5 Å². The van der Waals surface area contributed by atoms with Gasteiger partial charge in [0, 0.05) is 13.1 Å². The van der Waals surface area contributed by atoms with Crippen molar-refractivity contribution in [3.05, 3.63) is 58.9 Å². The number of sulfonamides is 1. The fraction of sp³-hybridized carbons (Fsp3) is 0.350. The lowest BCUT2D eigenvalue weighted by Crippen LogP contribution is -2.40. The van der Waals surface area contributed by atoms with Gasteiger partial charge in [-0.2, -0.15) is 4.31 Å². The summed E-state index contributed by atoms with van der Waals surface area (Å²) in [4.78, 5) is 12.2. The fourth-order valence-corrected chi connectivity index (χ4v) is 4.69. The molecule has 162 valence electrons. The van der Waals surface area contributed by atoms with Crippen LogP contribution in [0.3, 0.4) is 0 Å². The molecule has 0 radical (unpaired) electrons. The highest BCUT2D eigenvalue weighted by molar-refractivity contribution is 7.89. The maximum Gasteiger partial charge on any atom is 0.258 e. The van der Waals surface area contributed by atoms with Crippen LogP contribution in [0.5, 0.6) is 5.75 Å². The number of halogens is 2. The molecule has 1 atom stereocenters. The Morgan fingerprint density at radius 3 is 2.53 bits per heavy atom. The van der Waals surface area contributed by atoms with Crippen LogP contribution in [0.15, 0.2) is 47.4 Å². The minimum Gasteiger partial charge on any atom is -0.482 e. The molecule has 2 aromatic rings. The molecule has 1 amide bonds. The molecule has 2 aromatic carbocycles. The molecule has 1 saturated heterocycles. The van der Waals surface area contributed by atoms with Gasteiger partial charge >= 0.3 is 0 Å². The van der Waals surface area contributed by atoms with Gasteiger partial charge in [-0.15, -0.1) is 0 Å². The molecule has 7 nitrogen and oxygen atoms in total. The van der Waals surface area contributed by atoms with Gasteiger partial charge in [-0.3, -0.25) is 4.79 Å². The van der Waals surface area contributed by atoms with Crippen molar-refractivity contribution >= 4 is 27.5 Å². The van der Waals surface area contributed by atoms with Crippen LogP contribution in [0.2, 0.25) is 5.02 Å². The van der Waals surface area contributed by atoms with E-state index in [1.807, 2.05) is 0 Å². The smallest absolute Gasteiger partial charge is 0.258 e. The Morgan fingerprint density at radius 1 is 1.23 bits per heavy atom. The Morgan fingerprint density at radius 2 is 1.90 bits per heavy atom. The predicted octanol–water partition coefficient (Wildman–Crippen LogP) is 2.76. The van der Waals surface area contributed by atoms with E-state index in [-0.39, 0.29) is 47.2 Å². The van der Waals surface area contributed by atoms with E-state index in [0.717, 1.165) is 5.56 Å². The van der Waals surface area contributed by atoms with Crippen LogP contribution in [0.25, 0.3) is 0 Å². The summed E-state index contributed by atoms with van der Waals surface area (Å²) in [6.07, 6.45) is 0. The van der Waals surface area contributed by atoms with Gasteiger partial charge in [0.25, 0.3) is 5.91 Å². The van der Waals surface area contributed by atoms with E-state index >= 15 is 0 Å². The van der Waals surface area contributed by atoms with Crippen molar-refractivity contribution in [2.24, 2.45) is 0 Å². The maximum atomic E-state index is 13.0. The second kappa shape index (κ2) is 9.74. The highest BCUT2D eigenvalue weighted by atomic mass is 35.5. The van der Waals surface area contributed by atoms with Gasteiger partial charge in [0.15, 0.2) is 6.61 Å². The number of hydrogen-bond donors (Lipinski definition) is 1. The quantitative estimate of drug-likeness (QED) is 0.692. The zero-order valence-electron chi connectivity index (χ0n) is 16.3. The molecule has 0 aromatic heterocycles. The minimum absolute atomic E-state index is 0.0520. The number of nitrogens with zero attached hydrogens (tertiary/aromatic N) is 1. The standard InChI is InChI=1S/C20H22ClFN2O5S/c1-14(15-2-4-16(22)5-3-15)23-20(25)13-29-19-7-6-17(12-18(19)21)30(26,27)24-8-10-28-11-9-24/h2-7,12,14H,8-11,13H2,1H3,(H,23,25)/t14-/m0/s1. The summed E-state index contributed by atoms with van der Waals surface area (Å²) in [5, 5.41) is 2.83. The third kappa shape index (κ3) is 5.48. The molecule has 1 aliphatic rings. The van der Waals surface area contributed by atoms with Crippen LogP contribution >= 0.6 is 11.6 Å². The van der Waals surface area contributed by atoms with E-state index in [1.54, 1.807) is 19.1 Å². The molecular weight excluding hydrogens is 435 g/mol. The molecule has 0 bridgehead atoms. The molecule has 1 fully saturated rings. The average molecular weight is 457 g/mol. The van der Waals surface area contributed by atoms with E-state index in [0.29, 0.717) is 13.2 Å². The Hall–Kier alpha value is -2.20.